The molecule has 1 saturated carbocycles. The van der Waals surface area contributed by atoms with Crippen LogP contribution in [0.5, 0.6) is 5.88 Å². The van der Waals surface area contributed by atoms with Crippen LogP contribution in [-0.2, 0) is 9.53 Å². The average molecular weight is 411 g/mol. The molecule has 8 heteroatoms. The maximum Gasteiger partial charge on any atom is 0.344 e. The topological polar surface area (TPSA) is 107 Å². The number of nitrogens with zero attached hydrogens (tertiary/aromatic N) is 1. The lowest BCUT2D eigenvalue weighted by Gasteiger charge is -2.15. The van der Waals surface area contributed by atoms with Crippen LogP contribution in [-0.4, -0.2) is 42.0 Å². The third-order valence-electron chi connectivity index (χ3n) is 4.74. The summed E-state index contributed by atoms with van der Waals surface area (Å²) in [6, 6.07) is 10.0. The Morgan fingerprint density at radius 1 is 1.07 bits per heavy atom. The van der Waals surface area contributed by atoms with Crippen molar-refractivity contribution < 1.29 is 23.9 Å². The van der Waals surface area contributed by atoms with Crippen molar-refractivity contribution in [3.63, 3.8) is 0 Å². The van der Waals surface area contributed by atoms with Crippen LogP contribution < -0.4 is 15.4 Å². The Morgan fingerprint density at radius 3 is 2.57 bits per heavy atom. The first kappa shape index (κ1) is 21.3. The smallest absolute Gasteiger partial charge is 0.344 e. The molecule has 0 unspecified atom stereocenters. The number of carbonyl (C=O) groups is 3. The molecule has 3 rings (SSSR count). The monoisotopic (exact) mass is 411 g/mol. The van der Waals surface area contributed by atoms with Crippen molar-refractivity contribution in [2.24, 2.45) is 0 Å². The summed E-state index contributed by atoms with van der Waals surface area (Å²) in [4.78, 5) is 41.2. The maximum atomic E-state index is 12.6. The van der Waals surface area contributed by atoms with Crippen molar-refractivity contribution in [2.45, 2.75) is 38.6 Å². The zero-order valence-corrected chi connectivity index (χ0v) is 16.8. The van der Waals surface area contributed by atoms with Crippen LogP contribution in [0, 0.1) is 0 Å². The highest BCUT2D eigenvalue weighted by Gasteiger charge is 2.21. The number of carbonyl (C=O) groups excluding carboxylic acids is 3. The number of amides is 2. The quantitative estimate of drug-likeness (QED) is 0.647. The molecule has 0 aliphatic heterocycles. The zero-order chi connectivity index (χ0) is 21.3. The third-order valence-corrected chi connectivity index (χ3v) is 4.74. The number of pyridine rings is 1. The summed E-state index contributed by atoms with van der Waals surface area (Å²) in [6.45, 7) is 1.62. The van der Waals surface area contributed by atoms with Crippen molar-refractivity contribution in [1.82, 2.24) is 10.3 Å². The minimum absolute atomic E-state index is 0.142. The average Bonchev–Trinajstić information content (AvgIpc) is 3.26. The van der Waals surface area contributed by atoms with E-state index in [0.29, 0.717) is 17.9 Å². The molecule has 158 valence electrons. The van der Waals surface area contributed by atoms with Gasteiger partial charge in [0.15, 0.2) is 6.61 Å². The van der Waals surface area contributed by atoms with E-state index in [0.717, 1.165) is 25.7 Å². The number of hydrogen-bond donors (Lipinski definition) is 2. The Labute approximate surface area is 175 Å². The summed E-state index contributed by atoms with van der Waals surface area (Å²) in [6.07, 6.45) is 5.65. The van der Waals surface area contributed by atoms with Crippen molar-refractivity contribution in [2.75, 3.05) is 18.5 Å². The van der Waals surface area contributed by atoms with E-state index >= 15 is 0 Å². The number of para-hydroxylation sites is 1. The molecule has 1 aliphatic rings. The fourth-order valence-electron chi connectivity index (χ4n) is 3.32. The van der Waals surface area contributed by atoms with Crippen LogP contribution in [0.4, 0.5) is 5.69 Å². The largest absolute Gasteiger partial charge is 0.477 e. The predicted octanol–water partition coefficient (Wildman–Crippen LogP) is 2.95. The molecule has 2 N–H and O–H groups in total. The van der Waals surface area contributed by atoms with E-state index in [9.17, 15) is 14.4 Å². The molecule has 0 bridgehead atoms. The molecule has 1 aromatic heterocycles. The molecule has 1 heterocycles. The summed E-state index contributed by atoms with van der Waals surface area (Å²) < 4.78 is 10.4. The van der Waals surface area contributed by atoms with Gasteiger partial charge in [0.25, 0.3) is 11.8 Å². The van der Waals surface area contributed by atoms with Crippen molar-refractivity contribution in [3.8, 4) is 5.88 Å². The number of rotatable bonds is 8. The lowest BCUT2D eigenvalue weighted by Crippen LogP contribution is -2.33. The van der Waals surface area contributed by atoms with Crippen LogP contribution in [0.25, 0.3) is 0 Å². The minimum atomic E-state index is -0.714. The molecule has 2 aromatic rings. The number of aromatic nitrogens is 1. The van der Waals surface area contributed by atoms with Crippen LogP contribution >= 0.6 is 0 Å². The van der Waals surface area contributed by atoms with Gasteiger partial charge in [-0.25, -0.2) is 9.78 Å². The van der Waals surface area contributed by atoms with E-state index in [-0.39, 0.29) is 23.4 Å². The Bertz CT molecular complexity index is 909. The highest BCUT2D eigenvalue weighted by atomic mass is 16.5. The molecule has 0 spiro atoms. The fraction of sp³-hybridized carbons (Fsp3) is 0.364. The maximum absolute atomic E-state index is 12.6. The van der Waals surface area contributed by atoms with Crippen molar-refractivity contribution in [1.29, 1.82) is 0 Å². The second-order valence-corrected chi connectivity index (χ2v) is 6.91. The summed E-state index contributed by atoms with van der Waals surface area (Å²) >= 11 is 0. The zero-order valence-electron chi connectivity index (χ0n) is 16.8. The molecule has 1 aromatic carbocycles. The number of esters is 1. The Balaban J connectivity index is 1.59. The van der Waals surface area contributed by atoms with Crippen molar-refractivity contribution in [3.05, 3.63) is 53.7 Å². The molecular formula is C22H25N3O5. The minimum Gasteiger partial charge on any atom is -0.477 e. The van der Waals surface area contributed by atoms with Gasteiger partial charge in [-0.15, -0.1) is 0 Å². The summed E-state index contributed by atoms with van der Waals surface area (Å²) in [5.41, 5.74) is 0.879. The van der Waals surface area contributed by atoms with Gasteiger partial charge >= 0.3 is 5.97 Å². The third kappa shape index (κ3) is 5.56. The first-order valence-corrected chi connectivity index (χ1v) is 10.0. The molecule has 1 fully saturated rings. The van der Waals surface area contributed by atoms with E-state index in [4.69, 9.17) is 9.47 Å². The highest BCUT2D eigenvalue weighted by Crippen LogP contribution is 2.20. The normalized spacial score (nSPS) is 13.5. The van der Waals surface area contributed by atoms with E-state index in [1.54, 1.807) is 37.3 Å². The molecule has 30 heavy (non-hydrogen) atoms. The van der Waals surface area contributed by atoms with Gasteiger partial charge in [0.1, 0.15) is 5.56 Å². The van der Waals surface area contributed by atoms with Gasteiger partial charge in [-0.3, -0.25) is 9.59 Å². The summed E-state index contributed by atoms with van der Waals surface area (Å²) in [7, 11) is 0. The lowest BCUT2D eigenvalue weighted by atomic mass is 10.1. The fourth-order valence-corrected chi connectivity index (χ4v) is 3.32. The molecule has 0 radical (unpaired) electrons. The number of anilines is 1. The van der Waals surface area contributed by atoms with Crippen LogP contribution in [0.1, 0.15) is 53.3 Å². The standard InChI is InChI=1S/C22H25N3O5/c1-2-29-21-17(11-7-13-23-21)22(28)30-14-19(26)25-18-12-6-5-10-16(18)20(27)24-15-8-3-4-9-15/h5-7,10-13,15H,2-4,8-9,14H2,1H3,(H,24,27)(H,25,26). The molecule has 0 atom stereocenters. The van der Waals surface area contributed by atoms with Gasteiger partial charge < -0.3 is 20.1 Å². The first-order chi connectivity index (χ1) is 14.6. The van der Waals surface area contributed by atoms with Gasteiger partial charge in [0.05, 0.1) is 17.9 Å². The first-order valence-electron chi connectivity index (χ1n) is 10.0. The predicted molar refractivity (Wildman–Crippen MR) is 110 cm³/mol. The summed E-state index contributed by atoms with van der Waals surface area (Å²) in [5, 5.41) is 5.64. The highest BCUT2D eigenvalue weighted by molar-refractivity contribution is 6.04. The molecular weight excluding hydrogens is 386 g/mol. The van der Waals surface area contributed by atoms with Gasteiger partial charge in [-0.1, -0.05) is 25.0 Å². The van der Waals surface area contributed by atoms with Gasteiger partial charge in [-0.05, 0) is 44.0 Å². The molecule has 2 amide bonds. The van der Waals surface area contributed by atoms with E-state index in [1.807, 2.05) is 0 Å². The number of benzene rings is 1. The Morgan fingerprint density at radius 2 is 1.80 bits per heavy atom. The van der Waals surface area contributed by atoms with Crippen LogP contribution in [0.3, 0.4) is 0 Å². The van der Waals surface area contributed by atoms with Crippen LogP contribution in [0.15, 0.2) is 42.6 Å². The lowest BCUT2D eigenvalue weighted by molar-refractivity contribution is -0.119. The van der Waals surface area contributed by atoms with Gasteiger partial charge in [-0.2, -0.15) is 0 Å². The second-order valence-electron chi connectivity index (χ2n) is 6.91. The molecule has 1 aliphatic carbocycles. The van der Waals surface area contributed by atoms with Gasteiger partial charge in [0, 0.05) is 12.2 Å². The van der Waals surface area contributed by atoms with E-state index in [1.165, 1.54) is 12.3 Å². The Hall–Kier alpha value is -3.42. The molecule has 8 nitrogen and oxygen atoms in total. The summed E-state index contributed by atoms with van der Waals surface area (Å²) in [5.74, 6) is -1.34. The van der Waals surface area contributed by atoms with Crippen molar-refractivity contribution >= 4 is 23.5 Å². The number of hydrogen-bond acceptors (Lipinski definition) is 6. The number of nitrogens with one attached hydrogen (secondary N) is 2. The van der Waals surface area contributed by atoms with E-state index in [2.05, 4.69) is 15.6 Å². The molecule has 0 saturated heterocycles. The Kier molecular flexibility index (Phi) is 7.37. The second kappa shape index (κ2) is 10.4. The van der Waals surface area contributed by atoms with E-state index < -0.39 is 18.5 Å². The number of ether oxygens (including phenoxy) is 2. The van der Waals surface area contributed by atoms with Gasteiger partial charge in [0.2, 0.25) is 5.88 Å². The van der Waals surface area contributed by atoms with Crippen LogP contribution in [0.2, 0.25) is 0 Å². The SMILES string of the molecule is CCOc1ncccc1C(=O)OCC(=O)Nc1ccccc1C(=O)NC1CCCC1.